The van der Waals surface area contributed by atoms with Crippen LogP contribution in [0.1, 0.15) is 28.2 Å². The highest BCUT2D eigenvalue weighted by atomic mass is 16.4. The van der Waals surface area contributed by atoms with E-state index in [-0.39, 0.29) is 5.75 Å². The van der Waals surface area contributed by atoms with Crippen LogP contribution in [0.5, 0.6) is 5.75 Å². The highest BCUT2D eigenvalue weighted by Gasteiger charge is 2.22. The first-order chi connectivity index (χ1) is 9.47. The number of aliphatic carboxylic acids is 1. The average molecular weight is 270 g/mol. The second kappa shape index (κ2) is 5.78. The summed E-state index contributed by atoms with van der Waals surface area (Å²) in [4.78, 5) is 11.6. The molecule has 0 heterocycles. The smallest absolute Gasteiger partial charge is 0.311 e. The average Bonchev–Trinajstić information content (AvgIpc) is 2.36. The maximum absolute atomic E-state index is 11.6. The highest BCUT2D eigenvalue weighted by molar-refractivity contribution is 5.77. The predicted molar refractivity (Wildman–Crippen MR) is 78.1 cm³/mol. The number of aryl methyl sites for hydroxylation is 2. The summed E-state index contributed by atoms with van der Waals surface area (Å²) in [6, 6.07) is 12.6. The van der Waals surface area contributed by atoms with Crippen molar-refractivity contribution in [1.82, 2.24) is 0 Å². The van der Waals surface area contributed by atoms with Gasteiger partial charge in [0, 0.05) is 0 Å². The Labute approximate surface area is 118 Å². The Morgan fingerprint density at radius 2 is 1.90 bits per heavy atom. The first-order valence-corrected chi connectivity index (χ1v) is 6.55. The number of benzene rings is 2. The zero-order valence-corrected chi connectivity index (χ0v) is 11.6. The van der Waals surface area contributed by atoms with Crippen LogP contribution in [0.15, 0.2) is 42.5 Å². The van der Waals surface area contributed by atoms with Crippen LogP contribution < -0.4 is 0 Å². The molecule has 2 rings (SSSR count). The van der Waals surface area contributed by atoms with Crippen molar-refractivity contribution in [2.24, 2.45) is 0 Å². The van der Waals surface area contributed by atoms with Gasteiger partial charge in [-0.05, 0) is 49.1 Å². The third-order valence-corrected chi connectivity index (χ3v) is 3.45. The second-order valence-corrected chi connectivity index (χ2v) is 5.12. The van der Waals surface area contributed by atoms with E-state index in [1.165, 1.54) is 0 Å². The van der Waals surface area contributed by atoms with Crippen LogP contribution in [0.2, 0.25) is 0 Å². The van der Waals surface area contributed by atoms with Gasteiger partial charge in [-0.15, -0.1) is 0 Å². The van der Waals surface area contributed by atoms with Gasteiger partial charge in [0.05, 0.1) is 5.92 Å². The van der Waals surface area contributed by atoms with E-state index in [2.05, 4.69) is 0 Å². The summed E-state index contributed by atoms with van der Waals surface area (Å²) in [5.41, 5.74) is 3.74. The van der Waals surface area contributed by atoms with Gasteiger partial charge in [-0.25, -0.2) is 0 Å². The number of rotatable bonds is 4. The fourth-order valence-electron chi connectivity index (χ4n) is 2.47. The van der Waals surface area contributed by atoms with Crippen molar-refractivity contribution in [3.8, 4) is 5.75 Å². The van der Waals surface area contributed by atoms with Gasteiger partial charge >= 0.3 is 5.97 Å². The molecule has 2 aromatic carbocycles. The van der Waals surface area contributed by atoms with Crippen molar-refractivity contribution in [2.45, 2.75) is 26.2 Å². The van der Waals surface area contributed by atoms with Crippen LogP contribution >= 0.6 is 0 Å². The molecule has 0 fully saturated rings. The van der Waals surface area contributed by atoms with Gasteiger partial charge in [0.2, 0.25) is 0 Å². The lowest BCUT2D eigenvalue weighted by atomic mass is 9.88. The van der Waals surface area contributed by atoms with E-state index in [1.807, 2.05) is 38.1 Å². The Morgan fingerprint density at radius 3 is 2.50 bits per heavy atom. The number of aromatic hydroxyl groups is 1. The molecule has 0 amide bonds. The van der Waals surface area contributed by atoms with Crippen LogP contribution in [0, 0.1) is 13.8 Å². The largest absolute Gasteiger partial charge is 0.508 e. The molecule has 3 nitrogen and oxygen atoms in total. The second-order valence-electron chi connectivity index (χ2n) is 5.12. The van der Waals surface area contributed by atoms with Gasteiger partial charge < -0.3 is 10.2 Å². The number of hydrogen-bond acceptors (Lipinski definition) is 2. The number of hydrogen-bond donors (Lipinski definition) is 2. The molecule has 1 unspecified atom stereocenters. The van der Waals surface area contributed by atoms with Gasteiger partial charge in [0.15, 0.2) is 0 Å². The quantitative estimate of drug-likeness (QED) is 0.895. The Bertz CT molecular complexity index is 632. The summed E-state index contributed by atoms with van der Waals surface area (Å²) in [5.74, 6) is -1.29. The molecule has 0 aliphatic heterocycles. The molecule has 0 spiro atoms. The van der Waals surface area contributed by atoms with Gasteiger partial charge in [-0.3, -0.25) is 4.79 Å². The Kier molecular flexibility index (Phi) is 4.08. The SMILES string of the molecule is Cc1ccc(C(Cc2cccc(O)c2)C(=O)O)c(C)c1. The molecule has 0 aromatic heterocycles. The van der Waals surface area contributed by atoms with Crippen LogP contribution in [0.3, 0.4) is 0 Å². The lowest BCUT2D eigenvalue weighted by molar-refractivity contribution is -0.138. The van der Waals surface area contributed by atoms with Gasteiger partial charge in [0.1, 0.15) is 5.75 Å². The Hall–Kier alpha value is -2.29. The monoisotopic (exact) mass is 270 g/mol. The van der Waals surface area contributed by atoms with E-state index < -0.39 is 11.9 Å². The van der Waals surface area contributed by atoms with Crippen LogP contribution in [-0.4, -0.2) is 16.2 Å². The van der Waals surface area contributed by atoms with E-state index in [1.54, 1.807) is 18.2 Å². The highest BCUT2D eigenvalue weighted by Crippen LogP contribution is 2.26. The number of carboxylic acid groups (broad SMARTS) is 1. The molecule has 0 aliphatic rings. The molecule has 0 aliphatic carbocycles. The summed E-state index contributed by atoms with van der Waals surface area (Å²) in [6.45, 7) is 3.92. The molecule has 0 bridgehead atoms. The topological polar surface area (TPSA) is 57.5 Å². The standard InChI is InChI=1S/C17H18O3/c1-11-6-7-15(12(2)8-11)16(17(19)20)10-13-4-3-5-14(18)9-13/h3-9,16,18H,10H2,1-2H3,(H,19,20). The number of phenols is 1. The van der Waals surface area contributed by atoms with Crippen molar-refractivity contribution in [3.05, 3.63) is 64.7 Å². The normalized spacial score (nSPS) is 12.1. The maximum atomic E-state index is 11.6. The molecule has 104 valence electrons. The van der Waals surface area contributed by atoms with Crippen molar-refractivity contribution in [3.63, 3.8) is 0 Å². The number of carbonyl (C=O) groups is 1. The molecule has 2 N–H and O–H groups in total. The van der Waals surface area contributed by atoms with Crippen molar-refractivity contribution in [2.75, 3.05) is 0 Å². The number of phenolic OH excluding ortho intramolecular Hbond substituents is 1. The van der Waals surface area contributed by atoms with E-state index in [0.717, 1.165) is 22.3 Å². The summed E-state index contributed by atoms with van der Waals surface area (Å²) < 4.78 is 0. The lowest BCUT2D eigenvalue weighted by Gasteiger charge is -2.16. The van der Waals surface area contributed by atoms with Crippen LogP contribution in [0.4, 0.5) is 0 Å². The molecule has 2 aromatic rings. The minimum Gasteiger partial charge on any atom is -0.508 e. The third kappa shape index (κ3) is 3.18. The van der Waals surface area contributed by atoms with E-state index in [4.69, 9.17) is 0 Å². The van der Waals surface area contributed by atoms with Gasteiger partial charge in [-0.1, -0.05) is 35.9 Å². The van der Waals surface area contributed by atoms with E-state index in [9.17, 15) is 15.0 Å². The van der Waals surface area contributed by atoms with E-state index >= 15 is 0 Å². The van der Waals surface area contributed by atoms with Gasteiger partial charge in [-0.2, -0.15) is 0 Å². The zero-order valence-electron chi connectivity index (χ0n) is 11.6. The minimum atomic E-state index is -0.847. The van der Waals surface area contributed by atoms with Crippen LogP contribution in [0.25, 0.3) is 0 Å². The molecular formula is C17H18O3. The van der Waals surface area contributed by atoms with Crippen molar-refractivity contribution < 1.29 is 15.0 Å². The molecule has 0 radical (unpaired) electrons. The lowest BCUT2D eigenvalue weighted by Crippen LogP contribution is -2.15. The fraction of sp³-hybridized carbons (Fsp3) is 0.235. The number of carboxylic acids is 1. The Balaban J connectivity index is 2.34. The molecular weight excluding hydrogens is 252 g/mol. The fourth-order valence-corrected chi connectivity index (χ4v) is 2.47. The van der Waals surface area contributed by atoms with E-state index in [0.29, 0.717) is 6.42 Å². The van der Waals surface area contributed by atoms with Crippen molar-refractivity contribution >= 4 is 5.97 Å². The van der Waals surface area contributed by atoms with Crippen molar-refractivity contribution in [1.29, 1.82) is 0 Å². The predicted octanol–water partition coefficient (Wildman–Crippen LogP) is 3.42. The third-order valence-electron chi connectivity index (χ3n) is 3.45. The van der Waals surface area contributed by atoms with Gasteiger partial charge in [0.25, 0.3) is 0 Å². The summed E-state index contributed by atoms with van der Waals surface area (Å²) in [5, 5.41) is 19.0. The zero-order chi connectivity index (χ0) is 14.7. The minimum absolute atomic E-state index is 0.160. The molecule has 0 saturated carbocycles. The summed E-state index contributed by atoms with van der Waals surface area (Å²) in [7, 11) is 0. The maximum Gasteiger partial charge on any atom is 0.311 e. The summed E-state index contributed by atoms with van der Waals surface area (Å²) >= 11 is 0. The molecule has 20 heavy (non-hydrogen) atoms. The first-order valence-electron chi connectivity index (χ1n) is 6.55. The molecule has 3 heteroatoms. The molecule has 0 saturated heterocycles. The Morgan fingerprint density at radius 1 is 1.15 bits per heavy atom. The summed E-state index contributed by atoms with van der Waals surface area (Å²) in [6.07, 6.45) is 0.369. The molecule has 1 atom stereocenters. The first kappa shape index (κ1) is 14.1. The van der Waals surface area contributed by atoms with Crippen LogP contribution in [-0.2, 0) is 11.2 Å².